The van der Waals surface area contributed by atoms with Crippen LogP contribution in [-0.4, -0.2) is 13.1 Å². The quantitative estimate of drug-likeness (QED) is 0.695. The molecule has 4 heteroatoms. The molecule has 0 N–H and O–H groups in total. The molecule has 0 aliphatic carbocycles. The molecule has 0 radical (unpaired) electrons. The Morgan fingerprint density at radius 2 is 2.20 bits per heavy atom. The van der Waals surface area contributed by atoms with Gasteiger partial charge in [-0.25, -0.2) is 9.18 Å². The zero-order chi connectivity index (χ0) is 11.0. The van der Waals surface area contributed by atoms with E-state index in [0.717, 1.165) is 15.6 Å². The monoisotopic (exact) mass is 224 g/mol. The number of rotatable bonds is 1. The number of esters is 1. The second-order valence-electron chi connectivity index (χ2n) is 3.19. The molecule has 2 nitrogen and oxygen atoms in total. The highest BCUT2D eigenvalue weighted by Gasteiger charge is 2.15. The van der Waals surface area contributed by atoms with Crippen molar-refractivity contribution >= 4 is 27.4 Å². The first kappa shape index (κ1) is 10.1. The zero-order valence-corrected chi connectivity index (χ0v) is 9.15. The highest BCUT2D eigenvalue weighted by molar-refractivity contribution is 7.21. The lowest BCUT2D eigenvalue weighted by molar-refractivity contribution is 0.0605. The van der Waals surface area contributed by atoms with Gasteiger partial charge in [-0.3, -0.25) is 0 Å². The standard InChI is InChI=1S/C11H9FO2S/c1-6-8-4-3-7(12)5-9(8)15-10(6)11(13)14-2/h3-5H,1-2H3. The van der Waals surface area contributed by atoms with Crippen LogP contribution in [0, 0.1) is 12.7 Å². The Balaban J connectivity index is 2.69. The van der Waals surface area contributed by atoms with Gasteiger partial charge in [-0.1, -0.05) is 6.07 Å². The largest absolute Gasteiger partial charge is 0.465 e. The van der Waals surface area contributed by atoms with Crippen LogP contribution in [0.5, 0.6) is 0 Å². The molecule has 2 aromatic rings. The van der Waals surface area contributed by atoms with Crippen LogP contribution in [0.15, 0.2) is 18.2 Å². The minimum Gasteiger partial charge on any atom is -0.465 e. The van der Waals surface area contributed by atoms with Crippen molar-refractivity contribution in [1.82, 2.24) is 0 Å². The highest BCUT2D eigenvalue weighted by Crippen LogP contribution is 2.31. The molecule has 1 heterocycles. The number of hydrogen-bond acceptors (Lipinski definition) is 3. The van der Waals surface area contributed by atoms with Gasteiger partial charge >= 0.3 is 5.97 Å². The van der Waals surface area contributed by atoms with Gasteiger partial charge in [0.1, 0.15) is 10.7 Å². The summed E-state index contributed by atoms with van der Waals surface area (Å²) in [5, 5.41) is 0.904. The Morgan fingerprint density at radius 1 is 1.47 bits per heavy atom. The van der Waals surface area contributed by atoms with Crippen LogP contribution in [0.1, 0.15) is 15.2 Å². The van der Waals surface area contributed by atoms with Crippen LogP contribution < -0.4 is 0 Å². The summed E-state index contributed by atoms with van der Waals surface area (Å²) in [7, 11) is 1.34. The molecule has 0 saturated heterocycles. The summed E-state index contributed by atoms with van der Waals surface area (Å²) < 4.78 is 18.4. The van der Waals surface area contributed by atoms with Crippen LogP contribution >= 0.6 is 11.3 Å². The number of thiophene rings is 1. The molecule has 2 rings (SSSR count). The molecule has 0 amide bonds. The first-order chi connectivity index (χ1) is 7.13. The minimum atomic E-state index is -0.367. The molecule has 0 aliphatic rings. The number of fused-ring (bicyclic) bond motifs is 1. The summed E-state index contributed by atoms with van der Waals surface area (Å²) in [5.41, 5.74) is 0.849. The fourth-order valence-electron chi connectivity index (χ4n) is 1.49. The van der Waals surface area contributed by atoms with Crippen molar-refractivity contribution in [2.45, 2.75) is 6.92 Å². The van der Waals surface area contributed by atoms with Gasteiger partial charge in [0.15, 0.2) is 0 Å². The second-order valence-corrected chi connectivity index (χ2v) is 4.24. The molecule has 0 fully saturated rings. The first-order valence-corrected chi connectivity index (χ1v) is 5.22. The number of ether oxygens (including phenoxy) is 1. The van der Waals surface area contributed by atoms with Crippen molar-refractivity contribution in [3.05, 3.63) is 34.5 Å². The third kappa shape index (κ3) is 1.61. The SMILES string of the molecule is COC(=O)c1sc2cc(F)ccc2c1C. The Morgan fingerprint density at radius 3 is 2.87 bits per heavy atom. The summed E-state index contributed by atoms with van der Waals surface area (Å²) in [6.45, 7) is 1.84. The lowest BCUT2D eigenvalue weighted by Crippen LogP contribution is -1.99. The van der Waals surface area contributed by atoms with Crippen molar-refractivity contribution in [2.24, 2.45) is 0 Å². The van der Waals surface area contributed by atoms with Crippen molar-refractivity contribution in [3.63, 3.8) is 0 Å². The number of methoxy groups -OCH3 is 1. The first-order valence-electron chi connectivity index (χ1n) is 4.40. The number of hydrogen-bond donors (Lipinski definition) is 0. The maximum atomic E-state index is 13.0. The van der Waals surface area contributed by atoms with Crippen molar-refractivity contribution in [3.8, 4) is 0 Å². The maximum Gasteiger partial charge on any atom is 0.348 e. The molecule has 0 atom stereocenters. The highest BCUT2D eigenvalue weighted by atomic mass is 32.1. The lowest BCUT2D eigenvalue weighted by Gasteiger charge is -1.95. The van der Waals surface area contributed by atoms with Gasteiger partial charge in [0.25, 0.3) is 0 Å². The summed E-state index contributed by atoms with van der Waals surface area (Å²) in [4.78, 5) is 11.9. The normalized spacial score (nSPS) is 10.6. The Kier molecular flexibility index (Phi) is 2.44. The Hall–Kier alpha value is -1.42. The van der Waals surface area contributed by atoms with Crippen LogP contribution in [-0.2, 0) is 4.74 Å². The molecular formula is C11H9FO2S. The number of aryl methyl sites for hydroxylation is 1. The van der Waals surface area contributed by atoms with Gasteiger partial charge in [-0.2, -0.15) is 0 Å². The van der Waals surface area contributed by atoms with E-state index in [1.54, 1.807) is 6.07 Å². The van der Waals surface area contributed by atoms with Gasteiger partial charge in [-0.05, 0) is 30.0 Å². The topological polar surface area (TPSA) is 26.3 Å². The number of halogens is 1. The third-order valence-corrected chi connectivity index (χ3v) is 3.51. The molecular weight excluding hydrogens is 215 g/mol. The van der Waals surface area contributed by atoms with Gasteiger partial charge in [0, 0.05) is 4.70 Å². The molecule has 0 spiro atoms. The summed E-state index contributed by atoms with van der Waals surface area (Å²) >= 11 is 1.26. The third-order valence-electron chi connectivity index (χ3n) is 2.27. The van der Waals surface area contributed by atoms with E-state index < -0.39 is 0 Å². The summed E-state index contributed by atoms with van der Waals surface area (Å²) in [6.07, 6.45) is 0. The van der Waals surface area contributed by atoms with Gasteiger partial charge in [-0.15, -0.1) is 11.3 Å². The fraction of sp³-hybridized carbons (Fsp3) is 0.182. The van der Waals surface area contributed by atoms with Crippen molar-refractivity contribution < 1.29 is 13.9 Å². The molecule has 0 aliphatic heterocycles. The van der Waals surface area contributed by atoms with E-state index in [9.17, 15) is 9.18 Å². The van der Waals surface area contributed by atoms with E-state index in [2.05, 4.69) is 4.74 Å². The average Bonchev–Trinajstić information content (AvgIpc) is 2.54. The Labute approximate surface area is 90.3 Å². The van der Waals surface area contributed by atoms with Crippen molar-refractivity contribution in [2.75, 3.05) is 7.11 Å². The molecule has 0 unspecified atom stereocenters. The average molecular weight is 224 g/mol. The fourth-order valence-corrected chi connectivity index (χ4v) is 2.64. The Bertz CT molecular complexity index is 531. The molecule has 0 saturated carbocycles. The van der Waals surface area contributed by atoms with Gasteiger partial charge in [0.05, 0.1) is 7.11 Å². The van der Waals surface area contributed by atoms with E-state index in [1.165, 1.54) is 30.6 Å². The van der Waals surface area contributed by atoms with Gasteiger partial charge < -0.3 is 4.74 Å². The number of benzene rings is 1. The number of carbonyl (C=O) groups is 1. The predicted molar refractivity (Wildman–Crippen MR) is 57.9 cm³/mol. The number of carbonyl (C=O) groups excluding carboxylic acids is 1. The predicted octanol–water partition coefficient (Wildman–Crippen LogP) is 3.14. The van der Waals surface area contributed by atoms with Gasteiger partial charge in [0.2, 0.25) is 0 Å². The summed E-state index contributed by atoms with van der Waals surface area (Å²) in [5.74, 6) is -0.658. The zero-order valence-electron chi connectivity index (χ0n) is 8.33. The second kappa shape index (κ2) is 3.62. The lowest BCUT2D eigenvalue weighted by atomic mass is 10.1. The summed E-state index contributed by atoms with van der Waals surface area (Å²) in [6, 6.07) is 4.51. The van der Waals surface area contributed by atoms with E-state index in [4.69, 9.17) is 0 Å². The smallest absolute Gasteiger partial charge is 0.348 e. The van der Waals surface area contributed by atoms with Crippen LogP contribution in [0.3, 0.4) is 0 Å². The molecule has 1 aromatic carbocycles. The molecule has 15 heavy (non-hydrogen) atoms. The van der Waals surface area contributed by atoms with Crippen molar-refractivity contribution in [1.29, 1.82) is 0 Å². The maximum absolute atomic E-state index is 13.0. The van der Waals surface area contributed by atoms with E-state index in [1.807, 2.05) is 6.92 Å². The van der Waals surface area contributed by atoms with Crippen LogP contribution in [0.25, 0.3) is 10.1 Å². The molecule has 1 aromatic heterocycles. The molecule has 0 bridgehead atoms. The molecule has 78 valence electrons. The minimum absolute atomic E-state index is 0.292. The van der Waals surface area contributed by atoms with Crippen LogP contribution in [0.2, 0.25) is 0 Å². The van der Waals surface area contributed by atoms with E-state index >= 15 is 0 Å². The van der Waals surface area contributed by atoms with Crippen LogP contribution in [0.4, 0.5) is 4.39 Å². The van der Waals surface area contributed by atoms with E-state index in [-0.39, 0.29) is 11.8 Å². The van der Waals surface area contributed by atoms with E-state index in [0.29, 0.717) is 4.88 Å².